The lowest BCUT2D eigenvalue weighted by Gasteiger charge is -1.84. The molecule has 0 saturated heterocycles. The van der Waals surface area contributed by atoms with Gasteiger partial charge in [-0.1, -0.05) is 5.21 Å². The maximum Gasteiger partial charge on any atom is 0.433 e. The predicted octanol–water partition coefficient (Wildman–Crippen LogP) is -1.10. The molecule has 0 unspecified atom stereocenters. The van der Waals surface area contributed by atoms with Gasteiger partial charge in [0.2, 0.25) is 0 Å². The molecule has 7 heteroatoms. The van der Waals surface area contributed by atoms with Gasteiger partial charge >= 0.3 is 6.09 Å². The Balaban J connectivity index is 2.99. The zero-order chi connectivity index (χ0) is 8.43. The number of rotatable bonds is 1. The summed E-state index contributed by atoms with van der Waals surface area (Å²) < 4.78 is 0.500. The fourth-order valence-electron chi connectivity index (χ4n) is 0.470. The van der Waals surface area contributed by atoms with E-state index in [4.69, 9.17) is 10.8 Å². The van der Waals surface area contributed by atoms with E-state index in [2.05, 4.69) is 10.3 Å². The molecule has 0 saturated carbocycles. The smallest absolute Gasteiger partial charge is 0.433 e. The molecule has 7 nitrogen and oxygen atoms in total. The number of hydrogen-bond donors (Lipinski definition) is 2. The van der Waals surface area contributed by atoms with Gasteiger partial charge in [0, 0.05) is 0 Å². The van der Waals surface area contributed by atoms with E-state index < -0.39 is 12.0 Å². The molecular weight excluding hydrogens is 152 g/mol. The van der Waals surface area contributed by atoms with Gasteiger partial charge in [0.05, 0.1) is 6.20 Å². The van der Waals surface area contributed by atoms with Gasteiger partial charge in [-0.05, 0) is 0 Å². The average molecular weight is 156 g/mol. The molecule has 0 aliphatic heterocycles. The second kappa shape index (κ2) is 2.37. The highest BCUT2D eigenvalue weighted by Gasteiger charge is 2.09. The van der Waals surface area contributed by atoms with E-state index >= 15 is 0 Å². The highest BCUT2D eigenvalue weighted by atomic mass is 16.4. The number of nitrogens with zero attached hydrogens (tertiary/aromatic N) is 3. The molecule has 0 aliphatic carbocycles. The van der Waals surface area contributed by atoms with Crippen molar-refractivity contribution in [1.82, 2.24) is 15.0 Å². The van der Waals surface area contributed by atoms with Crippen LogP contribution >= 0.6 is 0 Å². The van der Waals surface area contributed by atoms with Gasteiger partial charge in [-0.15, -0.1) is 5.10 Å². The molecular formula is C4H4N4O3. The minimum atomic E-state index is -1.31. The van der Waals surface area contributed by atoms with Crippen molar-refractivity contribution < 1.29 is 14.7 Å². The Labute approximate surface area is 60.4 Å². The molecule has 1 rings (SSSR count). The van der Waals surface area contributed by atoms with E-state index in [1.165, 1.54) is 0 Å². The highest BCUT2D eigenvalue weighted by molar-refractivity contribution is 5.90. The standard InChI is InChI=1S/C4H4N4O3/c5-3(9)2-1-8(4(10)11)7-6-2/h1H,(H2,5,9)(H,10,11). The van der Waals surface area contributed by atoms with E-state index in [0.717, 1.165) is 6.20 Å². The van der Waals surface area contributed by atoms with E-state index in [0.29, 0.717) is 4.68 Å². The number of carbonyl (C=O) groups is 2. The van der Waals surface area contributed by atoms with Crippen LogP contribution in [0.1, 0.15) is 10.5 Å². The third kappa shape index (κ3) is 1.31. The van der Waals surface area contributed by atoms with Crippen LogP contribution in [0.5, 0.6) is 0 Å². The Hall–Kier alpha value is -1.92. The lowest BCUT2D eigenvalue weighted by molar-refractivity contribution is 0.0995. The second-order valence-corrected chi connectivity index (χ2v) is 1.70. The summed E-state index contributed by atoms with van der Waals surface area (Å²) in [5, 5.41) is 14.6. The highest BCUT2D eigenvalue weighted by Crippen LogP contribution is 1.89. The number of primary amides is 1. The van der Waals surface area contributed by atoms with Gasteiger partial charge < -0.3 is 10.8 Å². The van der Waals surface area contributed by atoms with Crippen molar-refractivity contribution in [3.63, 3.8) is 0 Å². The summed E-state index contributed by atoms with van der Waals surface area (Å²) in [5.74, 6) is -0.808. The second-order valence-electron chi connectivity index (χ2n) is 1.70. The Morgan fingerprint density at radius 2 is 2.27 bits per heavy atom. The lowest BCUT2D eigenvalue weighted by Crippen LogP contribution is -2.11. The first-order valence-corrected chi connectivity index (χ1v) is 2.56. The van der Waals surface area contributed by atoms with Crippen molar-refractivity contribution >= 4 is 12.0 Å². The molecule has 1 aromatic rings. The number of hydrogen-bond acceptors (Lipinski definition) is 4. The Morgan fingerprint density at radius 3 is 2.55 bits per heavy atom. The maximum absolute atomic E-state index is 10.4. The minimum Gasteiger partial charge on any atom is -0.463 e. The van der Waals surface area contributed by atoms with Crippen LogP contribution in [0.4, 0.5) is 4.79 Å². The number of amides is 1. The first-order chi connectivity index (χ1) is 5.11. The molecule has 0 aliphatic rings. The topological polar surface area (TPSA) is 111 Å². The number of carboxylic acid groups (broad SMARTS) is 1. The quantitative estimate of drug-likeness (QED) is 0.536. The molecule has 1 amide bonds. The Kier molecular flexibility index (Phi) is 1.55. The van der Waals surface area contributed by atoms with Crippen molar-refractivity contribution in [1.29, 1.82) is 0 Å². The molecule has 58 valence electrons. The monoisotopic (exact) mass is 156 g/mol. The van der Waals surface area contributed by atoms with E-state index in [1.54, 1.807) is 0 Å². The third-order valence-corrected chi connectivity index (χ3v) is 0.942. The van der Waals surface area contributed by atoms with Crippen molar-refractivity contribution in [2.45, 2.75) is 0 Å². The molecule has 0 fully saturated rings. The third-order valence-electron chi connectivity index (χ3n) is 0.942. The first-order valence-electron chi connectivity index (χ1n) is 2.56. The number of nitrogens with two attached hydrogens (primary N) is 1. The summed E-state index contributed by atoms with van der Waals surface area (Å²) in [6, 6.07) is 0. The van der Waals surface area contributed by atoms with Crippen LogP contribution in [0.2, 0.25) is 0 Å². The lowest BCUT2D eigenvalue weighted by atomic mass is 10.5. The molecule has 0 spiro atoms. The summed E-state index contributed by atoms with van der Waals surface area (Å²) in [7, 11) is 0. The zero-order valence-corrected chi connectivity index (χ0v) is 5.26. The van der Waals surface area contributed by atoms with Crippen LogP contribution in [-0.2, 0) is 0 Å². The van der Waals surface area contributed by atoms with Gasteiger partial charge in [-0.3, -0.25) is 4.79 Å². The molecule has 0 bridgehead atoms. The van der Waals surface area contributed by atoms with Crippen LogP contribution < -0.4 is 5.73 Å². The molecule has 3 N–H and O–H groups in total. The van der Waals surface area contributed by atoms with Crippen LogP contribution in [0.3, 0.4) is 0 Å². The molecule has 1 heterocycles. The van der Waals surface area contributed by atoms with Crippen LogP contribution in [-0.4, -0.2) is 32.1 Å². The van der Waals surface area contributed by atoms with Crippen molar-refractivity contribution in [3.8, 4) is 0 Å². The Morgan fingerprint density at radius 1 is 1.64 bits per heavy atom. The average Bonchev–Trinajstić information content (AvgIpc) is 2.33. The van der Waals surface area contributed by atoms with Gasteiger partial charge in [0.1, 0.15) is 0 Å². The van der Waals surface area contributed by atoms with E-state index in [9.17, 15) is 9.59 Å². The summed E-state index contributed by atoms with van der Waals surface area (Å²) >= 11 is 0. The molecule has 0 radical (unpaired) electrons. The van der Waals surface area contributed by atoms with Gasteiger partial charge in [-0.25, -0.2) is 4.79 Å². The fourth-order valence-corrected chi connectivity index (χ4v) is 0.470. The number of aromatic nitrogens is 3. The zero-order valence-electron chi connectivity index (χ0n) is 5.26. The van der Waals surface area contributed by atoms with Crippen molar-refractivity contribution in [2.24, 2.45) is 5.73 Å². The van der Waals surface area contributed by atoms with Crippen LogP contribution in [0.25, 0.3) is 0 Å². The predicted molar refractivity (Wildman–Crippen MR) is 32.0 cm³/mol. The fraction of sp³-hybridized carbons (Fsp3) is 0. The van der Waals surface area contributed by atoms with Gasteiger partial charge in [0.25, 0.3) is 5.91 Å². The summed E-state index contributed by atoms with van der Waals surface area (Å²) in [6.45, 7) is 0. The van der Waals surface area contributed by atoms with E-state index in [-0.39, 0.29) is 5.69 Å². The maximum atomic E-state index is 10.4. The van der Waals surface area contributed by atoms with Gasteiger partial charge in [-0.2, -0.15) is 4.68 Å². The summed E-state index contributed by atoms with van der Waals surface area (Å²) in [5.41, 5.74) is 4.61. The number of carbonyl (C=O) groups excluding carboxylic acids is 1. The van der Waals surface area contributed by atoms with Crippen molar-refractivity contribution in [3.05, 3.63) is 11.9 Å². The van der Waals surface area contributed by atoms with Crippen molar-refractivity contribution in [2.75, 3.05) is 0 Å². The normalized spacial score (nSPS) is 9.45. The molecule has 1 aromatic heterocycles. The minimum absolute atomic E-state index is 0.174. The Bertz CT molecular complexity index is 276. The van der Waals surface area contributed by atoms with Gasteiger partial charge in [0.15, 0.2) is 5.69 Å². The molecule has 0 atom stereocenters. The molecule has 0 aromatic carbocycles. The summed E-state index contributed by atoms with van der Waals surface area (Å²) in [6.07, 6.45) is -0.380. The first kappa shape index (κ1) is 7.19. The van der Waals surface area contributed by atoms with Crippen LogP contribution in [0, 0.1) is 0 Å². The largest absolute Gasteiger partial charge is 0.463 e. The van der Waals surface area contributed by atoms with Crippen LogP contribution in [0.15, 0.2) is 6.20 Å². The molecule has 11 heavy (non-hydrogen) atoms. The van der Waals surface area contributed by atoms with E-state index in [1.807, 2.05) is 0 Å². The summed E-state index contributed by atoms with van der Waals surface area (Å²) in [4.78, 5) is 20.5. The SMILES string of the molecule is NC(=O)c1cn(C(=O)O)nn1.